The lowest BCUT2D eigenvalue weighted by atomic mass is 10.3. The van der Waals surface area contributed by atoms with E-state index in [1.807, 2.05) is 0 Å². The van der Waals surface area contributed by atoms with E-state index in [9.17, 15) is 4.79 Å². The highest BCUT2D eigenvalue weighted by Crippen LogP contribution is 1.83. The zero-order valence-corrected chi connectivity index (χ0v) is 25.9. The van der Waals surface area contributed by atoms with Gasteiger partial charge in [0.15, 0.2) is 0 Å². The number of hydrogen-bond donors (Lipinski definition) is 13. The van der Waals surface area contributed by atoms with E-state index < -0.39 is 5.97 Å². The van der Waals surface area contributed by atoms with Crippen LogP contribution in [0.15, 0.2) is 12.2 Å². The maximum Gasteiger partial charge on any atom is 0.330 e. The third-order valence-corrected chi connectivity index (χ3v) is 3.76. The summed E-state index contributed by atoms with van der Waals surface area (Å²) in [5.41, 5.74) is 0.176. The minimum absolute atomic E-state index is 0.176. The lowest BCUT2D eigenvalue weighted by Crippen LogP contribution is -1.92. The molecule has 0 saturated heterocycles. The first-order chi connectivity index (χ1) is 20.1. The van der Waals surface area contributed by atoms with Crippen LogP contribution in [0.1, 0.15) is 84.0 Å². The van der Waals surface area contributed by atoms with E-state index >= 15 is 0 Å². The first-order valence-corrected chi connectivity index (χ1v) is 14.3. The van der Waals surface area contributed by atoms with Crippen molar-refractivity contribution in [2.45, 2.75) is 84.0 Å². The quantitative estimate of drug-likeness (QED) is 0.0615. The number of unbranched alkanes of at least 4 members (excludes halogenated alkanes) is 6. The summed E-state index contributed by atoms with van der Waals surface area (Å²) in [6.07, 6.45) is 8.62. The molecule has 42 heavy (non-hydrogen) atoms. The Hall–Kier alpha value is -1.27. The average Bonchev–Trinajstić information content (AvgIpc) is 3.00. The van der Waals surface area contributed by atoms with Crippen LogP contribution in [0.2, 0.25) is 0 Å². The van der Waals surface area contributed by atoms with Crippen LogP contribution >= 0.6 is 0 Å². The summed E-state index contributed by atoms with van der Waals surface area (Å²) in [7, 11) is 0. The third kappa shape index (κ3) is 128. The molecule has 0 bridgehead atoms. The van der Waals surface area contributed by atoms with Crippen LogP contribution in [0.3, 0.4) is 0 Å². The van der Waals surface area contributed by atoms with Crippen LogP contribution in [-0.2, 0) is 4.79 Å². The lowest BCUT2D eigenvalue weighted by molar-refractivity contribution is -0.132. The molecule has 0 atom stereocenters. The molecule has 0 fully saturated rings. The van der Waals surface area contributed by atoms with E-state index in [-0.39, 0.29) is 84.9 Å². The van der Waals surface area contributed by atoms with Crippen molar-refractivity contribution in [3.05, 3.63) is 12.2 Å². The van der Waals surface area contributed by atoms with Gasteiger partial charge in [-0.1, -0.05) is 6.58 Å². The van der Waals surface area contributed by atoms with Crippen LogP contribution in [0, 0.1) is 0 Å². The number of aliphatic hydroxyl groups is 12. The van der Waals surface area contributed by atoms with Crippen molar-refractivity contribution in [1.82, 2.24) is 0 Å². The third-order valence-electron chi connectivity index (χ3n) is 3.76. The van der Waals surface area contributed by atoms with Crippen molar-refractivity contribution >= 4 is 5.97 Å². The Labute approximate surface area is 252 Å². The number of aliphatic hydroxyl groups excluding tert-OH is 12. The zero-order chi connectivity index (χ0) is 34.1. The highest BCUT2D eigenvalue weighted by Gasteiger charge is 1.90. The van der Waals surface area contributed by atoms with E-state index in [1.165, 1.54) is 6.92 Å². The molecule has 0 aromatic rings. The van der Waals surface area contributed by atoms with Gasteiger partial charge in [0.2, 0.25) is 0 Å². The second-order valence-electron chi connectivity index (χ2n) is 8.01. The van der Waals surface area contributed by atoms with Gasteiger partial charge >= 0.3 is 5.97 Å². The fourth-order valence-electron chi connectivity index (χ4n) is 1.34. The van der Waals surface area contributed by atoms with E-state index in [1.54, 1.807) is 0 Å². The van der Waals surface area contributed by atoms with E-state index in [2.05, 4.69) is 6.58 Å². The Morgan fingerprint density at radius 2 is 0.429 bits per heavy atom. The number of carbonyl (C=O) groups is 1. The highest BCUT2D eigenvalue weighted by molar-refractivity contribution is 5.84. The number of hydrogen-bond acceptors (Lipinski definition) is 13. The van der Waals surface area contributed by atoms with Crippen LogP contribution in [0.25, 0.3) is 0 Å². The molecule has 0 aliphatic carbocycles. The predicted molar refractivity (Wildman–Crippen MR) is 163 cm³/mol. The molecule has 0 amide bonds. The van der Waals surface area contributed by atoms with Gasteiger partial charge in [0, 0.05) is 84.9 Å². The molecule has 14 heteroatoms. The summed E-state index contributed by atoms with van der Waals surface area (Å²) in [6.45, 7) is 6.94. The summed E-state index contributed by atoms with van der Waals surface area (Å²) < 4.78 is 0. The van der Waals surface area contributed by atoms with Crippen LogP contribution in [0.5, 0.6) is 0 Å². The molecule has 262 valence electrons. The van der Waals surface area contributed by atoms with Crippen molar-refractivity contribution < 1.29 is 71.2 Å². The zero-order valence-electron chi connectivity index (χ0n) is 25.9. The van der Waals surface area contributed by atoms with Crippen LogP contribution < -0.4 is 0 Å². The molecule has 0 rings (SSSR count). The standard InChI is InChI=1S/C4H6O2.6C4H10O2/c1-3(2)4(5)6;6*5-3-1-2-4-6/h1H2,2H3,(H,5,6);6*5-6H,1-4H2. The highest BCUT2D eigenvalue weighted by atomic mass is 16.4. The minimum atomic E-state index is -0.935. The number of carboxylic acid groups (broad SMARTS) is 1. The summed E-state index contributed by atoms with van der Waals surface area (Å²) >= 11 is 0. The van der Waals surface area contributed by atoms with E-state index in [0.29, 0.717) is 0 Å². The summed E-state index contributed by atoms with van der Waals surface area (Å²) in [6, 6.07) is 0. The molecule has 0 aromatic carbocycles. The van der Waals surface area contributed by atoms with Crippen molar-refractivity contribution in [3.63, 3.8) is 0 Å². The molecular weight excluding hydrogens is 560 g/mol. The van der Waals surface area contributed by atoms with E-state index in [0.717, 1.165) is 77.0 Å². The second-order valence-corrected chi connectivity index (χ2v) is 8.01. The first-order valence-electron chi connectivity index (χ1n) is 14.3. The minimum Gasteiger partial charge on any atom is -0.478 e. The Bertz CT molecular complexity index is 305. The van der Waals surface area contributed by atoms with E-state index in [4.69, 9.17) is 66.4 Å². The van der Waals surface area contributed by atoms with Gasteiger partial charge in [-0.25, -0.2) is 4.79 Å². The first kappa shape index (κ1) is 56.5. The number of rotatable bonds is 19. The van der Waals surface area contributed by atoms with Crippen molar-refractivity contribution in [1.29, 1.82) is 0 Å². The van der Waals surface area contributed by atoms with Crippen LogP contribution in [-0.4, -0.2) is 152 Å². The van der Waals surface area contributed by atoms with Gasteiger partial charge in [-0.05, 0) is 84.0 Å². The van der Waals surface area contributed by atoms with Gasteiger partial charge < -0.3 is 66.4 Å². The monoisotopic (exact) mass is 626 g/mol. The van der Waals surface area contributed by atoms with Gasteiger partial charge in [0.1, 0.15) is 0 Å². The number of carboxylic acids is 1. The Balaban J connectivity index is -0.0000000681. The Morgan fingerprint density at radius 3 is 0.452 bits per heavy atom. The Morgan fingerprint density at radius 1 is 0.357 bits per heavy atom. The maximum atomic E-state index is 9.60. The fourth-order valence-corrected chi connectivity index (χ4v) is 1.34. The van der Waals surface area contributed by atoms with Crippen LogP contribution in [0.4, 0.5) is 0 Å². The summed E-state index contributed by atoms with van der Waals surface area (Å²) in [5.74, 6) is -0.935. The van der Waals surface area contributed by atoms with Gasteiger partial charge in [-0.15, -0.1) is 0 Å². The normalized spacial score (nSPS) is 8.79. The molecular formula is C28H66O14. The second kappa shape index (κ2) is 72.2. The molecule has 0 spiro atoms. The van der Waals surface area contributed by atoms with Gasteiger partial charge in [0.05, 0.1) is 0 Å². The summed E-state index contributed by atoms with van der Waals surface area (Å²) in [4.78, 5) is 9.60. The van der Waals surface area contributed by atoms with Crippen molar-refractivity contribution in [2.24, 2.45) is 0 Å². The topological polar surface area (TPSA) is 280 Å². The van der Waals surface area contributed by atoms with Crippen molar-refractivity contribution in [3.8, 4) is 0 Å². The fraction of sp³-hybridized carbons (Fsp3) is 0.893. The molecule has 0 aliphatic heterocycles. The van der Waals surface area contributed by atoms with Crippen molar-refractivity contribution in [2.75, 3.05) is 79.3 Å². The maximum absolute atomic E-state index is 9.60. The molecule has 0 unspecified atom stereocenters. The average molecular weight is 627 g/mol. The smallest absolute Gasteiger partial charge is 0.330 e. The number of aliphatic carboxylic acids is 1. The molecule has 0 aromatic heterocycles. The molecule has 0 radical (unpaired) electrons. The lowest BCUT2D eigenvalue weighted by Gasteiger charge is -1.85. The molecule has 13 N–H and O–H groups in total. The van der Waals surface area contributed by atoms with Gasteiger partial charge in [0.25, 0.3) is 0 Å². The molecule has 0 heterocycles. The molecule has 0 aliphatic rings. The molecule has 0 saturated carbocycles. The summed E-state index contributed by atoms with van der Waals surface area (Å²) in [5, 5.41) is 105. The SMILES string of the molecule is C=C(C)C(=O)O.OCCCCO.OCCCCO.OCCCCO.OCCCCO.OCCCCO.OCCCCO. The molecule has 14 nitrogen and oxygen atoms in total. The van der Waals surface area contributed by atoms with Gasteiger partial charge in [-0.2, -0.15) is 0 Å². The Kier molecular flexibility index (Phi) is 97.1. The van der Waals surface area contributed by atoms with Gasteiger partial charge in [-0.3, -0.25) is 0 Å². The predicted octanol–water partition coefficient (Wildman–Crippen LogP) is -0.846. The largest absolute Gasteiger partial charge is 0.478 e.